The summed E-state index contributed by atoms with van der Waals surface area (Å²) < 4.78 is 0. The SMILES string of the molecule is Cc1cc(C2CC2)cnc1C(=O)O. The van der Waals surface area contributed by atoms with Crippen LogP contribution < -0.4 is 0 Å². The molecule has 3 heteroatoms. The van der Waals surface area contributed by atoms with E-state index in [4.69, 9.17) is 5.11 Å². The third kappa shape index (κ3) is 1.54. The smallest absolute Gasteiger partial charge is 0.354 e. The van der Waals surface area contributed by atoms with Crippen LogP contribution in [-0.2, 0) is 0 Å². The summed E-state index contributed by atoms with van der Waals surface area (Å²) in [6.07, 6.45) is 4.12. The predicted molar refractivity (Wildman–Crippen MR) is 47.9 cm³/mol. The molecule has 1 fully saturated rings. The zero-order valence-corrected chi connectivity index (χ0v) is 7.45. The lowest BCUT2D eigenvalue weighted by Gasteiger charge is -2.02. The molecule has 1 saturated carbocycles. The minimum Gasteiger partial charge on any atom is -0.477 e. The summed E-state index contributed by atoms with van der Waals surface area (Å²) in [6, 6.07) is 1.94. The van der Waals surface area contributed by atoms with Crippen molar-refractivity contribution >= 4 is 5.97 Å². The highest BCUT2D eigenvalue weighted by Gasteiger charge is 2.24. The summed E-state index contributed by atoms with van der Waals surface area (Å²) in [5.74, 6) is -0.311. The molecule has 1 aromatic heterocycles. The Bertz CT molecular complexity index is 356. The summed E-state index contributed by atoms with van der Waals surface area (Å²) in [4.78, 5) is 14.6. The maximum Gasteiger partial charge on any atom is 0.354 e. The lowest BCUT2D eigenvalue weighted by atomic mass is 10.1. The van der Waals surface area contributed by atoms with E-state index in [1.54, 1.807) is 13.1 Å². The topological polar surface area (TPSA) is 50.2 Å². The number of carboxylic acid groups (broad SMARTS) is 1. The van der Waals surface area contributed by atoms with Crippen molar-refractivity contribution in [2.45, 2.75) is 25.7 Å². The first kappa shape index (κ1) is 8.23. The van der Waals surface area contributed by atoms with Gasteiger partial charge in [-0.05, 0) is 36.8 Å². The number of rotatable bonds is 2. The fourth-order valence-electron chi connectivity index (χ4n) is 1.46. The molecule has 0 unspecified atom stereocenters. The van der Waals surface area contributed by atoms with Gasteiger partial charge in [-0.15, -0.1) is 0 Å². The Morgan fingerprint density at radius 3 is 2.77 bits per heavy atom. The molecule has 0 spiro atoms. The Morgan fingerprint density at radius 1 is 1.62 bits per heavy atom. The third-order valence-electron chi connectivity index (χ3n) is 2.35. The first-order chi connectivity index (χ1) is 6.18. The molecule has 0 radical (unpaired) electrons. The second kappa shape index (κ2) is 2.83. The van der Waals surface area contributed by atoms with E-state index in [9.17, 15) is 4.79 Å². The Labute approximate surface area is 76.4 Å². The number of nitrogens with zero attached hydrogens (tertiary/aromatic N) is 1. The minimum absolute atomic E-state index is 0.171. The van der Waals surface area contributed by atoms with Gasteiger partial charge in [-0.3, -0.25) is 0 Å². The molecule has 1 aromatic rings. The highest BCUT2D eigenvalue weighted by atomic mass is 16.4. The van der Waals surface area contributed by atoms with Gasteiger partial charge in [0.15, 0.2) is 5.69 Å². The summed E-state index contributed by atoms with van der Waals surface area (Å²) in [5, 5.41) is 8.75. The Balaban J connectivity index is 2.36. The summed E-state index contributed by atoms with van der Waals surface area (Å²) in [6.45, 7) is 1.79. The largest absolute Gasteiger partial charge is 0.477 e. The van der Waals surface area contributed by atoms with Crippen LogP contribution in [0.4, 0.5) is 0 Å². The van der Waals surface area contributed by atoms with Gasteiger partial charge >= 0.3 is 5.97 Å². The molecule has 1 N–H and O–H groups in total. The molecule has 0 atom stereocenters. The molecule has 0 saturated heterocycles. The minimum atomic E-state index is -0.945. The number of pyridine rings is 1. The third-order valence-corrected chi connectivity index (χ3v) is 2.35. The monoisotopic (exact) mass is 177 g/mol. The standard InChI is InChI=1S/C10H11NO2/c1-6-4-8(7-2-3-7)5-11-9(6)10(12)13/h4-5,7H,2-3H2,1H3,(H,12,13). The van der Waals surface area contributed by atoms with Gasteiger partial charge in [-0.25, -0.2) is 9.78 Å². The highest BCUT2D eigenvalue weighted by Crippen LogP contribution is 2.39. The van der Waals surface area contributed by atoms with Crippen LogP contribution >= 0.6 is 0 Å². The lowest BCUT2D eigenvalue weighted by molar-refractivity contribution is 0.0689. The van der Waals surface area contributed by atoms with Crippen LogP contribution in [0.15, 0.2) is 12.3 Å². The van der Waals surface area contributed by atoms with Crippen molar-refractivity contribution < 1.29 is 9.90 Å². The Morgan fingerprint density at radius 2 is 2.31 bits per heavy atom. The van der Waals surface area contributed by atoms with Crippen LogP contribution in [-0.4, -0.2) is 16.1 Å². The molecule has 3 nitrogen and oxygen atoms in total. The van der Waals surface area contributed by atoms with Gasteiger partial charge in [0, 0.05) is 6.20 Å². The maximum atomic E-state index is 10.7. The molecule has 2 rings (SSSR count). The van der Waals surface area contributed by atoms with Crippen molar-refractivity contribution in [3.05, 3.63) is 29.1 Å². The fraction of sp³-hybridized carbons (Fsp3) is 0.400. The van der Waals surface area contributed by atoms with E-state index < -0.39 is 5.97 Å². The molecule has 1 heterocycles. The fourth-order valence-corrected chi connectivity index (χ4v) is 1.46. The van der Waals surface area contributed by atoms with Crippen LogP contribution in [0.2, 0.25) is 0 Å². The van der Waals surface area contributed by atoms with E-state index in [-0.39, 0.29) is 5.69 Å². The second-order valence-corrected chi connectivity index (χ2v) is 3.51. The molecule has 1 aliphatic carbocycles. The van der Waals surface area contributed by atoms with Crippen LogP contribution in [0.3, 0.4) is 0 Å². The van der Waals surface area contributed by atoms with Crippen molar-refractivity contribution in [1.82, 2.24) is 4.98 Å². The molecular weight excluding hydrogens is 166 g/mol. The van der Waals surface area contributed by atoms with Crippen LogP contribution in [0.5, 0.6) is 0 Å². The first-order valence-corrected chi connectivity index (χ1v) is 4.38. The number of carbonyl (C=O) groups is 1. The zero-order valence-electron chi connectivity index (χ0n) is 7.45. The van der Waals surface area contributed by atoms with Crippen molar-refractivity contribution in [2.24, 2.45) is 0 Å². The molecule has 0 aliphatic heterocycles. The van der Waals surface area contributed by atoms with Crippen LogP contribution in [0.1, 0.15) is 40.4 Å². The van der Waals surface area contributed by atoms with Crippen LogP contribution in [0, 0.1) is 6.92 Å². The average Bonchev–Trinajstić information content (AvgIpc) is 2.85. The molecule has 0 amide bonds. The average molecular weight is 177 g/mol. The first-order valence-electron chi connectivity index (χ1n) is 4.38. The summed E-state index contributed by atoms with van der Waals surface area (Å²) in [5.41, 5.74) is 2.11. The Hall–Kier alpha value is -1.38. The molecule has 0 bridgehead atoms. The van der Waals surface area contributed by atoms with Gasteiger partial charge in [0.1, 0.15) is 0 Å². The van der Waals surface area contributed by atoms with Crippen molar-refractivity contribution in [2.75, 3.05) is 0 Å². The molecular formula is C10H11NO2. The summed E-state index contributed by atoms with van der Waals surface area (Å²) in [7, 11) is 0. The van der Waals surface area contributed by atoms with Crippen molar-refractivity contribution in [1.29, 1.82) is 0 Å². The van der Waals surface area contributed by atoms with Gasteiger partial charge in [-0.1, -0.05) is 6.07 Å². The number of aromatic carboxylic acids is 1. The molecule has 13 heavy (non-hydrogen) atoms. The molecule has 68 valence electrons. The van der Waals surface area contributed by atoms with Gasteiger partial charge in [0.25, 0.3) is 0 Å². The van der Waals surface area contributed by atoms with E-state index in [2.05, 4.69) is 4.98 Å². The van der Waals surface area contributed by atoms with Gasteiger partial charge in [0.2, 0.25) is 0 Å². The van der Waals surface area contributed by atoms with E-state index in [1.807, 2.05) is 6.07 Å². The molecule has 1 aliphatic rings. The number of aryl methyl sites for hydroxylation is 1. The van der Waals surface area contributed by atoms with E-state index in [0.29, 0.717) is 5.92 Å². The van der Waals surface area contributed by atoms with Gasteiger partial charge in [0.05, 0.1) is 0 Å². The summed E-state index contributed by atoms with van der Waals surface area (Å²) >= 11 is 0. The van der Waals surface area contributed by atoms with E-state index in [0.717, 1.165) is 5.56 Å². The van der Waals surface area contributed by atoms with Crippen molar-refractivity contribution in [3.8, 4) is 0 Å². The zero-order chi connectivity index (χ0) is 9.42. The Kier molecular flexibility index (Phi) is 1.79. The highest BCUT2D eigenvalue weighted by molar-refractivity contribution is 5.86. The molecule has 0 aromatic carbocycles. The van der Waals surface area contributed by atoms with Crippen molar-refractivity contribution in [3.63, 3.8) is 0 Å². The normalized spacial score (nSPS) is 15.8. The van der Waals surface area contributed by atoms with Gasteiger partial charge < -0.3 is 5.11 Å². The van der Waals surface area contributed by atoms with E-state index >= 15 is 0 Å². The van der Waals surface area contributed by atoms with Gasteiger partial charge in [-0.2, -0.15) is 0 Å². The predicted octanol–water partition coefficient (Wildman–Crippen LogP) is 1.97. The number of carboxylic acids is 1. The van der Waals surface area contributed by atoms with Crippen LogP contribution in [0.25, 0.3) is 0 Å². The second-order valence-electron chi connectivity index (χ2n) is 3.51. The number of hydrogen-bond acceptors (Lipinski definition) is 2. The lowest BCUT2D eigenvalue weighted by Crippen LogP contribution is -2.03. The number of aromatic nitrogens is 1. The number of hydrogen-bond donors (Lipinski definition) is 1. The quantitative estimate of drug-likeness (QED) is 0.751. The maximum absolute atomic E-state index is 10.7. The van der Waals surface area contributed by atoms with E-state index in [1.165, 1.54) is 18.4 Å².